The quantitative estimate of drug-likeness (QED) is 0.245. The van der Waals surface area contributed by atoms with Gasteiger partial charge in [0.1, 0.15) is 5.82 Å². The Balaban J connectivity index is 1.08. The van der Waals surface area contributed by atoms with E-state index in [-0.39, 0.29) is 0 Å². The number of imidazole rings is 1. The van der Waals surface area contributed by atoms with Crippen LogP contribution in [-0.2, 0) is 11.2 Å². The Morgan fingerprint density at radius 2 is 1.68 bits per heavy atom. The molecule has 1 saturated heterocycles. The van der Waals surface area contributed by atoms with Gasteiger partial charge in [-0.1, -0.05) is 6.08 Å². The second kappa shape index (κ2) is 10.6. The molecular weight excluding hydrogens is 498 g/mol. The summed E-state index contributed by atoms with van der Waals surface area (Å²) in [4.78, 5) is 19.7. The largest absolute Gasteiger partial charge is 0.379 e. The molecule has 4 heterocycles. The maximum atomic E-state index is 5.55. The van der Waals surface area contributed by atoms with Gasteiger partial charge >= 0.3 is 0 Å². The van der Waals surface area contributed by atoms with Gasteiger partial charge in [-0.3, -0.25) is 14.9 Å². The molecule has 0 spiro atoms. The zero-order valence-electron chi connectivity index (χ0n) is 22.4. The lowest BCUT2D eigenvalue weighted by atomic mass is 9.95. The van der Waals surface area contributed by atoms with Crippen LogP contribution in [0.15, 0.2) is 79.1 Å². The van der Waals surface area contributed by atoms with Crippen molar-refractivity contribution in [1.82, 2.24) is 24.8 Å². The molecule has 200 valence electrons. The van der Waals surface area contributed by atoms with E-state index in [4.69, 9.17) is 9.72 Å². The molecule has 40 heavy (non-hydrogen) atoms. The molecule has 1 aliphatic carbocycles. The molecule has 1 fully saturated rings. The third kappa shape index (κ3) is 5.06. The molecule has 0 saturated carbocycles. The summed E-state index contributed by atoms with van der Waals surface area (Å²) in [6, 6.07) is 21.0. The minimum absolute atomic E-state index is 0.376. The van der Waals surface area contributed by atoms with Crippen molar-refractivity contribution < 1.29 is 4.74 Å². The second-order valence-electron chi connectivity index (χ2n) is 10.3. The lowest BCUT2D eigenvalue weighted by Gasteiger charge is -2.35. The van der Waals surface area contributed by atoms with Crippen molar-refractivity contribution in [2.24, 2.45) is 0 Å². The van der Waals surface area contributed by atoms with E-state index < -0.39 is 0 Å². The number of pyridine rings is 2. The number of hydrogen-bond donors (Lipinski definition) is 3. The minimum Gasteiger partial charge on any atom is -0.379 e. The molecule has 7 rings (SSSR count). The Morgan fingerprint density at radius 3 is 2.52 bits per heavy atom. The monoisotopic (exact) mass is 529 g/mol. The van der Waals surface area contributed by atoms with Gasteiger partial charge in [0.2, 0.25) is 0 Å². The van der Waals surface area contributed by atoms with Crippen molar-refractivity contribution in [3.05, 3.63) is 96.1 Å². The maximum absolute atomic E-state index is 5.55. The topological polar surface area (TPSA) is 91.0 Å². The summed E-state index contributed by atoms with van der Waals surface area (Å²) >= 11 is 0. The summed E-state index contributed by atoms with van der Waals surface area (Å²) in [5, 5.41) is 7.08. The van der Waals surface area contributed by atoms with Crippen LogP contribution in [0.25, 0.3) is 28.5 Å². The molecule has 8 nitrogen and oxygen atoms in total. The number of aromatic nitrogens is 4. The predicted octanol–water partition coefficient (Wildman–Crippen LogP) is 6.09. The summed E-state index contributed by atoms with van der Waals surface area (Å²) in [6.07, 6.45) is 9.07. The summed E-state index contributed by atoms with van der Waals surface area (Å²) in [7, 11) is 0. The fraction of sp³-hybridized carbons (Fsp3) is 0.219. The van der Waals surface area contributed by atoms with Crippen molar-refractivity contribution in [1.29, 1.82) is 0 Å². The SMILES string of the molecule is Cc1cc(Nc2ccc3nc(-c4ccc(Nc5ccnc6c5CC(N5CCOCC5)C=C6)cc4)[nH]c3c2)ccn1. The lowest BCUT2D eigenvalue weighted by Crippen LogP contribution is -2.44. The van der Waals surface area contributed by atoms with Gasteiger partial charge in [0.05, 0.1) is 29.9 Å². The Bertz CT molecular complexity index is 1690. The molecular formula is C32H31N7O. The van der Waals surface area contributed by atoms with Gasteiger partial charge < -0.3 is 20.4 Å². The average molecular weight is 530 g/mol. The third-order valence-electron chi connectivity index (χ3n) is 7.60. The fourth-order valence-electron chi connectivity index (χ4n) is 5.50. The number of rotatable bonds is 6. The average Bonchev–Trinajstić information content (AvgIpc) is 3.42. The van der Waals surface area contributed by atoms with Crippen molar-refractivity contribution in [3.8, 4) is 11.4 Å². The predicted molar refractivity (Wildman–Crippen MR) is 160 cm³/mol. The number of aryl methyl sites for hydroxylation is 1. The van der Waals surface area contributed by atoms with Crippen LogP contribution < -0.4 is 10.6 Å². The van der Waals surface area contributed by atoms with E-state index in [1.807, 2.05) is 43.6 Å². The van der Waals surface area contributed by atoms with Gasteiger partial charge in [-0.2, -0.15) is 0 Å². The summed E-state index contributed by atoms with van der Waals surface area (Å²) < 4.78 is 5.55. The van der Waals surface area contributed by atoms with Gasteiger partial charge in [0.25, 0.3) is 0 Å². The first kappa shape index (κ1) is 24.5. The smallest absolute Gasteiger partial charge is 0.138 e. The van der Waals surface area contributed by atoms with Crippen LogP contribution in [0.2, 0.25) is 0 Å². The van der Waals surface area contributed by atoms with E-state index >= 15 is 0 Å². The number of hydrogen-bond acceptors (Lipinski definition) is 7. The van der Waals surface area contributed by atoms with E-state index in [2.05, 4.69) is 79.0 Å². The van der Waals surface area contributed by atoms with Gasteiger partial charge in [-0.25, -0.2) is 4.98 Å². The van der Waals surface area contributed by atoms with E-state index in [0.29, 0.717) is 6.04 Å². The van der Waals surface area contributed by atoms with Crippen LogP contribution in [0, 0.1) is 6.92 Å². The minimum atomic E-state index is 0.376. The summed E-state index contributed by atoms with van der Waals surface area (Å²) in [5.41, 5.74) is 10.4. The number of fused-ring (bicyclic) bond motifs is 2. The number of nitrogens with zero attached hydrogens (tertiary/aromatic N) is 4. The molecule has 0 radical (unpaired) electrons. The number of aromatic amines is 1. The molecule has 0 amide bonds. The Kier molecular flexibility index (Phi) is 6.47. The third-order valence-corrected chi connectivity index (χ3v) is 7.60. The number of morpholine rings is 1. The molecule has 8 heteroatoms. The molecule has 0 bridgehead atoms. The molecule has 5 aromatic rings. The Labute approximate surface area is 233 Å². The Hall–Kier alpha value is -4.53. The van der Waals surface area contributed by atoms with Gasteiger partial charge in [0, 0.05) is 71.1 Å². The first-order chi connectivity index (χ1) is 19.7. The normalized spacial score (nSPS) is 17.1. The van der Waals surface area contributed by atoms with E-state index in [1.165, 1.54) is 5.56 Å². The molecule has 1 aliphatic heterocycles. The van der Waals surface area contributed by atoms with Crippen molar-refractivity contribution >= 4 is 39.9 Å². The van der Waals surface area contributed by atoms with E-state index in [0.717, 1.165) is 89.3 Å². The highest BCUT2D eigenvalue weighted by Crippen LogP contribution is 2.31. The molecule has 1 unspecified atom stereocenters. The second-order valence-corrected chi connectivity index (χ2v) is 10.3. The molecule has 2 aromatic carbocycles. The molecule has 2 aliphatic rings. The van der Waals surface area contributed by atoms with E-state index in [1.54, 1.807) is 0 Å². The highest BCUT2D eigenvalue weighted by Gasteiger charge is 2.24. The zero-order chi connectivity index (χ0) is 26.9. The van der Waals surface area contributed by atoms with Crippen molar-refractivity contribution in [2.45, 2.75) is 19.4 Å². The van der Waals surface area contributed by atoms with Crippen LogP contribution in [0.4, 0.5) is 22.7 Å². The fourth-order valence-corrected chi connectivity index (χ4v) is 5.50. The number of H-pyrrole nitrogens is 1. The van der Waals surface area contributed by atoms with E-state index in [9.17, 15) is 0 Å². The number of nitrogens with one attached hydrogen (secondary N) is 3. The summed E-state index contributed by atoms with van der Waals surface area (Å²) in [6.45, 7) is 5.53. The van der Waals surface area contributed by atoms with Crippen LogP contribution in [0.1, 0.15) is 17.0 Å². The number of benzene rings is 2. The first-order valence-electron chi connectivity index (χ1n) is 13.7. The number of ether oxygens (including phenoxy) is 1. The lowest BCUT2D eigenvalue weighted by molar-refractivity contribution is 0.0256. The number of anilines is 4. The van der Waals surface area contributed by atoms with Gasteiger partial charge in [-0.15, -0.1) is 0 Å². The van der Waals surface area contributed by atoms with Crippen molar-refractivity contribution in [3.63, 3.8) is 0 Å². The highest BCUT2D eigenvalue weighted by atomic mass is 16.5. The van der Waals surface area contributed by atoms with Crippen LogP contribution in [0.5, 0.6) is 0 Å². The Morgan fingerprint density at radius 1 is 0.875 bits per heavy atom. The maximum Gasteiger partial charge on any atom is 0.138 e. The standard InChI is InChI=1S/C32H31N7O/c1-21-18-25(10-12-33-21)35-24-6-8-30-31(19-24)38-32(37-30)22-2-4-23(5-3-22)36-29-11-13-34-28-9-7-26(20-27(28)29)39-14-16-40-17-15-39/h2-13,18-19,26H,14-17,20H2,1H3,(H,33,35)(H,34,36)(H,37,38). The zero-order valence-corrected chi connectivity index (χ0v) is 22.4. The van der Waals surface area contributed by atoms with Crippen LogP contribution in [-0.4, -0.2) is 57.2 Å². The highest BCUT2D eigenvalue weighted by molar-refractivity contribution is 5.84. The molecule has 1 atom stereocenters. The van der Waals surface area contributed by atoms with Crippen LogP contribution in [0.3, 0.4) is 0 Å². The summed E-state index contributed by atoms with van der Waals surface area (Å²) in [5.74, 6) is 0.846. The van der Waals surface area contributed by atoms with Gasteiger partial charge in [-0.05, 0) is 80.1 Å². The molecule has 3 aromatic heterocycles. The first-order valence-corrected chi connectivity index (χ1v) is 13.7. The van der Waals surface area contributed by atoms with Crippen LogP contribution >= 0.6 is 0 Å². The molecule has 3 N–H and O–H groups in total. The van der Waals surface area contributed by atoms with Gasteiger partial charge in [0.15, 0.2) is 0 Å². The van der Waals surface area contributed by atoms with Crippen molar-refractivity contribution in [2.75, 3.05) is 36.9 Å².